The van der Waals surface area contributed by atoms with Crippen molar-refractivity contribution in [3.05, 3.63) is 0 Å². The Morgan fingerprint density at radius 1 is 1.50 bits per heavy atom. The summed E-state index contributed by atoms with van der Waals surface area (Å²) in [6.07, 6.45) is 0. The predicted molar refractivity (Wildman–Crippen MR) is 39.0 cm³/mol. The minimum atomic E-state index is -0.0907. The SMILES string of the molecule is C[Si](C)CCOCCl. The van der Waals surface area contributed by atoms with Crippen molar-refractivity contribution in [2.24, 2.45) is 0 Å². The van der Waals surface area contributed by atoms with Crippen LogP contribution in [0.2, 0.25) is 19.1 Å². The molecule has 8 heavy (non-hydrogen) atoms. The molecule has 0 aromatic rings. The third kappa shape index (κ3) is 6.47. The minimum absolute atomic E-state index is 0.0907. The molecule has 0 aliphatic heterocycles. The van der Waals surface area contributed by atoms with Crippen LogP contribution in [-0.4, -0.2) is 21.5 Å². The Morgan fingerprint density at radius 3 is 2.50 bits per heavy atom. The third-order valence-corrected chi connectivity index (χ3v) is 2.18. The van der Waals surface area contributed by atoms with Crippen LogP contribution in [0.25, 0.3) is 0 Å². The summed E-state index contributed by atoms with van der Waals surface area (Å²) in [5, 5.41) is 0. The predicted octanol–water partition coefficient (Wildman–Crippen LogP) is 1.95. The summed E-state index contributed by atoms with van der Waals surface area (Å²) in [6.45, 7) is 5.37. The highest BCUT2D eigenvalue weighted by Crippen LogP contribution is 1.91. The first-order valence-electron chi connectivity index (χ1n) is 2.70. The second-order valence-corrected chi connectivity index (χ2v) is 5.11. The molecule has 0 spiro atoms. The third-order valence-electron chi connectivity index (χ3n) is 0.824. The largest absolute Gasteiger partial charge is 0.366 e. The number of hydrogen-bond donors (Lipinski definition) is 0. The van der Waals surface area contributed by atoms with Crippen molar-refractivity contribution in [2.45, 2.75) is 19.1 Å². The Labute approximate surface area is 57.6 Å². The molecule has 0 fully saturated rings. The van der Waals surface area contributed by atoms with E-state index >= 15 is 0 Å². The van der Waals surface area contributed by atoms with Gasteiger partial charge in [0.15, 0.2) is 0 Å². The first-order chi connectivity index (χ1) is 3.77. The molecule has 0 heterocycles. The lowest BCUT2D eigenvalue weighted by atomic mass is 10.9. The summed E-state index contributed by atoms with van der Waals surface area (Å²) in [6, 6.07) is 1.55. The summed E-state index contributed by atoms with van der Waals surface area (Å²) in [5.74, 6) is 0. The Kier molecular flexibility index (Phi) is 5.93. The molecule has 0 aliphatic rings. The van der Waals surface area contributed by atoms with E-state index in [0.29, 0.717) is 6.07 Å². The fraction of sp³-hybridized carbons (Fsp3) is 1.00. The number of alkyl halides is 1. The van der Waals surface area contributed by atoms with Crippen molar-refractivity contribution >= 4 is 20.4 Å². The lowest BCUT2D eigenvalue weighted by Crippen LogP contribution is -2.04. The van der Waals surface area contributed by atoms with Gasteiger partial charge in [0.05, 0.1) is 0 Å². The van der Waals surface area contributed by atoms with Crippen molar-refractivity contribution in [3.63, 3.8) is 0 Å². The van der Waals surface area contributed by atoms with Crippen molar-refractivity contribution < 1.29 is 4.74 Å². The average molecular weight is 152 g/mol. The topological polar surface area (TPSA) is 9.23 Å². The lowest BCUT2D eigenvalue weighted by Gasteiger charge is -1.99. The maximum atomic E-state index is 5.27. The van der Waals surface area contributed by atoms with Crippen molar-refractivity contribution in [1.82, 2.24) is 0 Å². The summed E-state index contributed by atoms with van der Waals surface area (Å²) in [7, 11) is -0.0907. The molecule has 0 rings (SSSR count). The molecule has 49 valence electrons. The van der Waals surface area contributed by atoms with Gasteiger partial charge < -0.3 is 4.74 Å². The van der Waals surface area contributed by atoms with Crippen LogP contribution in [-0.2, 0) is 4.74 Å². The van der Waals surface area contributed by atoms with Crippen LogP contribution in [0, 0.1) is 0 Å². The molecular formula is C5H12ClOSi. The second kappa shape index (κ2) is 5.60. The molecule has 0 bridgehead atoms. The second-order valence-electron chi connectivity index (χ2n) is 1.97. The van der Waals surface area contributed by atoms with Crippen LogP contribution < -0.4 is 0 Å². The molecule has 3 heteroatoms. The zero-order chi connectivity index (χ0) is 6.41. The molecular weight excluding hydrogens is 140 g/mol. The van der Waals surface area contributed by atoms with E-state index in [1.807, 2.05) is 0 Å². The molecule has 0 amide bonds. The van der Waals surface area contributed by atoms with Crippen LogP contribution >= 0.6 is 11.6 Å². The van der Waals surface area contributed by atoms with Crippen molar-refractivity contribution in [3.8, 4) is 0 Å². The molecule has 0 saturated heterocycles. The first-order valence-corrected chi connectivity index (χ1v) is 5.94. The zero-order valence-corrected chi connectivity index (χ0v) is 7.16. The van der Waals surface area contributed by atoms with Crippen molar-refractivity contribution in [2.75, 3.05) is 12.7 Å². The van der Waals surface area contributed by atoms with E-state index in [0.717, 1.165) is 6.61 Å². The van der Waals surface area contributed by atoms with Gasteiger partial charge in [0.25, 0.3) is 0 Å². The molecule has 0 saturated carbocycles. The standard InChI is InChI=1S/C5H12ClOSi/c1-8(2)4-3-7-5-6/h3-5H2,1-2H3. The van der Waals surface area contributed by atoms with E-state index in [1.54, 1.807) is 0 Å². The van der Waals surface area contributed by atoms with Crippen LogP contribution in [0.4, 0.5) is 0 Å². The number of rotatable bonds is 4. The highest BCUT2D eigenvalue weighted by molar-refractivity contribution is 6.55. The van der Waals surface area contributed by atoms with Gasteiger partial charge in [0, 0.05) is 15.4 Å². The average Bonchev–Trinajstić information content (AvgIpc) is 1.66. The molecule has 0 atom stereocenters. The van der Waals surface area contributed by atoms with E-state index in [4.69, 9.17) is 16.3 Å². The van der Waals surface area contributed by atoms with E-state index < -0.39 is 0 Å². The Balaban J connectivity index is 2.72. The van der Waals surface area contributed by atoms with Gasteiger partial charge in [0.2, 0.25) is 0 Å². The number of halogens is 1. The summed E-state index contributed by atoms with van der Waals surface area (Å²) < 4.78 is 4.94. The van der Waals surface area contributed by atoms with Gasteiger partial charge in [-0.05, 0) is 6.04 Å². The lowest BCUT2D eigenvalue weighted by molar-refractivity contribution is 0.195. The molecule has 0 N–H and O–H groups in total. The van der Waals surface area contributed by atoms with Gasteiger partial charge in [-0.25, -0.2) is 0 Å². The first kappa shape index (κ1) is 8.47. The summed E-state index contributed by atoms with van der Waals surface area (Å²) in [4.78, 5) is 0. The zero-order valence-electron chi connectivity index (χ0n) is 5.41. The highest BCUT2D eigenvalue weighted by Gasteiger charge is 1.93. The molecule has 0 unspecified atom stereocenters. The molecule has 0 aliphatic carbocycles. The minimum Gasteiger partial charge on any atom is -0.366 e. The van der Waals surface area contributed by atoms with Gasteiger partial charge in [-0.3, -0.25) is 0 Å². The van der Waals surface area contributed by atoms with Crippen LogP contribution in [0.1, 0.15) is 0 Å². The monoisotopic (exact) mass is 151 g/mol. The molecule has 0 aromatic heterocycles. The molecule has 1 nitrogen and oxygen atoms in total. The Morgan fingerprint density at radius 2 is 2.12 bits per heavy atom. The van der Waals surface area contributed by atoms with Gasteiger partial charge >= 0.3 is 0 Å². The smallest absolute Gasteiger partial charge is 0.120 e. The molecule has 1 radical (unpaired) electrons. The summed E-state index contributed by atoms with van der Waals surface area (Å²) in [5.41, 5.74) is 0. The Bertz CT molecular complexity index is 49.7. The van der Waals surface area contributed by atoms with E-state index in [-0.39, 0.29) is 8.80 Å². The van der Waals surface area contributed by atoms with E-state index in [1.165, 1.54) is 6.04 Å². The molecule has 0 aromatic carbocycles. The number of hydrogen-bond acceptors (Lipinski definition) is 1. The van der Waals surface area contributed by atoms with E-state index in [2.05, 4.69) is 13.1 Å². The van der Waals surface area contributed by atoms with Crippen LogP contribution in [0.15, 0.2) is 0 Å². The Hall–Kier alpha value is 0.467. The maximum Gasteiger partial charge on any atom is 0.120 e. The number of ether oxygens (including phenoxy) is 1. The fourth-order valence-corrected chi connectivity index (χ4v) is 0.993. The van der Waals surface area contributed by atoms with Crippen molar-refractivity contribution in [1.29, 1.82) is 0 Å². The van der Waals surface area contributed by atoms with Gasteiger partial charge in [-0.2, -0.15) is 0 Å². The van der Waals surface area contributed by atoms with Crippen LogP contribution in [0.5, 0.6) is 0 Å². The van der Waals surface area contributed by atoms with Gasteiger partial charge in [0.1, 0.15) is 6.07 Å². The van der Waals surface area contributed by atoms with E-state index in [9.17, 15) is 0 Å². The fourth-order valence-electron chi connectivity index (χ4n) is 0.331. The normalized spacial score (nSPS) is 10.5. The maximum absolute atomic E-state index is 5.27. The van der Waals surface area contributed by atoms with Crippen LogP contribution in [0.3, 0.4) is 0 Å². The highest BCUT2D eigenvalue weighted by atomic mass is 35.5. The van der Waals surface area contributed by atoms with Gasteiger partial charge in [-0.15, -0.1) is 0 Å². The van der Waals surface area contributed by atoms with Gasteiger partial charge in [-0.1, -0.05) is 24.7 Å². The quantitative estimate of drug-likeness (QED) is 0.339. The summed E-state index contributed by atoms with van der Waals surface area (Å²) >= 11 is 5.27.